The van der Waals surface area contributed by atoms with Crippen LogP contribution in [0, 0.1) is 11.8 Å². The molecule has 0 N–H and O–H groups in total. The summed E-state index contributed by atoms with van der Waals surface area (Å²) in [5.74, 6) is 2.00. The zero-order valence-corrected chi connectivity index (χ0v) is 10.1. The Morgan fingerprint density at radius 3 is 2.40 bits per heavy atom. The van der Waals surface area contributed by atoms with Crippen LogP contribution in [0.2, 0.25) is 0 Å². The van der Waals surface area contributed by atoms with Crippen molar-refractivity contribution in [2.75, 3.05) is 0 Å². The molecule has 0 aromatic rings. The number of fused-ring (bicyclic) bond motifs is 3. The first-order valence-electron chi connectivity index (χ1n) is 6.68. The number of rotatable bonds is 0. The maximum absolute atomic E-state index is 2.31. The highest BCUT2D eigenvalue weighted by Crippen LogP contribution is 2.56. The average Bonchev–Trinajstić information content (AvgIpc) is 2.24. The van der Waals surface area contributed by atoms with E-state index in [1.165, 1.54) is 44.9 Å². The van der Waals surface area contributed by atoms with Crippen LogP contribution in [0.1, 0.15) is 58.8 Å². The molecule has 0 saturated heterocycles. The fourth-order valence-electron chi connectivity index (χ4n) is 4.08. The van der Waals surface area contributed by atoms with Gasteiger partial charge in [0.2, 0.25) is 0 Å². The molecule has 1 fully saturated rings. The highest BCUT2D eigenvalue weighted by Gasteiger charge is 2.43. The third-order valence-electron chi connectivity index (χ3n) is 4.73. The molecule has 0 spiro atoms. The van der Waals surface area contributed by atoms with Gasteiger partial charge in [-0.3, -0.25) is 0 Å². The van der Waals surface area contributed by atoms with Crippen LogP contribution < -0.4 is 0 Å². The van der Waals surface area contributed by atoms with Crippen LogP contribution >= 0.6 is 0 Å². The van der Waals surface area contributed by atoms with Gasteiger partial charge in [-0.25, -0.2) is 0 Å². The first-order chi connectivity index (χ1) is 7.29. The molecule has 0 heterocycles. The van der Waals surface area contributed by atoms with E-state index in [9.17, 15) is 0 Å². The van der Waals surface area contributed by atoms with Crippen molar-refractivity contribution in [2.45, 2.75) is 58.8 Å². The van der Waals surface area contributed by atoms with Gasteiger partial charge in [0.1, 0.15) is 0 Å². The molecule has 0 bridgehead atoms. The molecule has 82 valence electrons. The van der Waals surface area contributed by atoms with Crippen molar-refractivity contribution in [3.8, 4) is 0 Å². The summed E-state index contributed by atoms with van der Waals surface area (Å²) in [6, 6.07) is 0. The van der Waals surface area contributed by atoms with Crippen LogP contribution in [0.15, 0.2) is 22.3 Å². The summed E-state index contributed by atoms with van der Waals surface area (Å²) in [5, 5.41) is 0. The molecule has 0 radical (unpaired) electrons. The molecule has 0 aliphatic heterocycles. The van der Waals surface area contributed by atoms with Gasteiger partial charge in [-0.05, 0) is 68.9 Å². The third kappa shape index (κ3) is 1.33. The Bertz CT molecular complexity index is 339. The highest BCUT2D eigenvalue weighted by molar-refractivity contribution is 5.50. The second-order valence-electron chi connectivity index (χ2n) is 5.77. The third-order valence-corrected chi connectivity index (χ3v) is 4.73. The lowest BCUT2D eigenvalue weighted by molar-refractivity contribution is 0.249. The maximum Gasteiger partial charge on any atom is -0.00937 e. The summed E-state index contributed by atoms with van der Waals surface area (Å²) in [7, 11) is 0. The molecular weight excluding hydrogens is 180 g/mol. The Balaban J connectivity index is 1.99. The monoisotopic (exact) mass is 202 g/mol. The van der Waals surface area contributed by atoms with Crippen LogP contribution in [-0.4, -0.2) is 0 Å². The van der Waals surface area contributed by atoms with Crippen LogP contribution in [0.3, 0.4) is 0 Å². The predicted octanol–water partition coefficient (Wildman–Crippen LogP) is 4.62. The molecule has 3 aliphatic rings. The molecule has 2 unspecified atom stereocenters. The summed E-state index contributed by atoms with van der Waals surface area (Å²) >= 11 is 0. The van der Waals surface area contributed by atoms with E-state index < -0.39 is 0 Å². The second-order valence-corrected chi connectivity index (χ2v) is 5.77. The van der Waals surface area contributed by atoms with Gasteiger partial charge in [0.05, 0.1) is 0 Å². The Morgan fingerprint density at radius 1 is 0.933 bits per heavy atom. The quantitative estimate of drug-likeness (QED) is 0.537. The van der Waals surface area contributed by atoms with Crippen LogP contribution in [-0.2, 0) is 0 Å². The zero-order chi connectivity index (χ0) is 10.4. The molecule has 1 saturated carbocycles. The maximum atomic E-state index is 2.31. The van der Waals surface area contributed by atoms with Crippen molar-refractivity contribution in [3.05, 3.63) is 22.3 Å². The van der Waals surface area contributed by atoms with Crippen molar-refractivity contribution < 1.29 is 0 Å². The smallest absolute Gasteiger partial charge is 0.00937 e. The summed E-state index contributed by atoms with van der Waals surface area (Å²) in [6.07, 6.45) is 10.2. The van der Waals surface area contributed by atoms with Gasteiger partial charge in [0.25, 0.3) is 0 Å². The lowest BCUT2D eigenvalue weighted by Gasteiger charge is -2.49. The molecule has 3 aliphatic carbocycles. The summed E-state index contributed by atoms with van der Waals surface area (Å²) in [6.45, 7) is 4.61. The van der Waals surface area contributed by atoms with Crippen molar-refractivity contribution in [2.24, 2.45) is 11.8 Å². The minimum atomic E-state index is 0.985. The number of allylic oxidation sites excluding steroid dienone is 4. The molecule has 3 rings (SSSR count). The molecular formula is C15H22. The van der Waals surface area contributed by atoms with Gasteiger partial charge >= 0.3 is 0 Å². The van der Waals surface area contributed by atoms with E-state index in [1.807, 2.05) is 11.1 Å². The van der Waals surface area contributed by atoms with E-state index in [-0.39, 0.29) is 0 Å². The van der Waals surface area contributed by atoms with Gasteiger partial charge in [0.15, 0.2) is 0 Å². The van der Waals surface area contributed by atoms with Gasteiger partial charge < -0.3 is 0 Å². The average molecular weight is 202 g/mol. The van der Waals surface area contributed by atoms with Crippen LogP contribution in [0.4, 0.5) is 0 Å². The van der Waals surface area contributed by atoms with Crippen molar-refractivity contribution >= 4 is 0 Å². The van der Waals surface area contributed by atoms with Crippen molar-refractivity contribution in [1.82, 2.24) is 0 Å². The SMILES string of the molecule is CC(C)=C1CCCC2=C1C1CCCCC21. The van der Waals surface area contributed by atoms with Gasteiger partial charge in [0, 0.05) is 0 Å². The summed E-state index contributed by atoms with van der Waals surface area (Å²) in [4.78, 5) is 0. The van der Waals surface area contributed by atoms with E-state index in [2.05, 4.69) is 13.8 Å². The molecule has 0 aromatic carbocycles. The van der Waals surface area contributed by atoms with Gasteiger partial charge in [-0.15, -0.1) is 0 Å². The van der Waals surface area contributed by atoms with Gasteiger partial charge in [-0.1, -0.05) is 24.0 Å². The summed E-state index contributed by atoms with van der Waals surface area (Å²) in [5.41, 5.74) is 7.05. The normalized spacial score (nSPS) is 34.4. The van der Waals surface area contributed by atoms with Crippen molar-refractivity contribution in [1.29, 1.82) is 0 Å². The standard InChI is InChI=1S/C15H22/c1-10(2)11-8-5-9-14-12-6-3-4-7-13(12)15(11)14/h12-13H,3-9H2,1-2H3. The minimum Gasteiger partial charge on any atom is -0.0729 e. The minimum absolute atomic E-state index is 0.985. The molecule has 15 heavy (non-hydrogen) atoms. The first kappa shape index (κ1) is 9.69. The van der Waals surface area contributed by atoms with E-state index >= 15 is 0 Å². The van der Waals surface area contributed by atoms with Gasteiger partial charge in [-0.2, -0.15) is 0 Å². The molecule has 0 nitrogen and oxygen atoms in total. The number of hydrogen-bond acceptors (Lipinski definition) is 0. The van der Waals surface area contributed by atoms with Crippen LogP contribution in [0.25, 0.3) is 0 Å². The Hall–Kier alpha value is -0.520. The molecule has 2 atom stereocenters. The molecule has 0 heteroatoms. The van der Waals surface area contributed by atoms with Crippen LogP contribution in [0.5, 0.6) is 0 Å². The highest BCUT2D eigenvalue weighted by atomic mass is 14.5. The predicted molar refractivity (Wildman–Crippen MR) is 64.7 cm³/mol. The van der Waals surface area contributed by atoms with E-state index in [4.69, 9.17) is 0 Å². The Labute approximate surface area is 93.5 Å². The lowest BCUT2D eigenvalue weighted by Crippen LogP contribution is -2.36. The Kier molecular flexibility index (Phi) is 2.26. The first-order valence-corrected chi connectivity index (χ1v) is 6.68. The molecule has 0 aromatic heterocycles. The largest absolute Gasteiger partial charge is 0.0729 e. The van der Waals surface area contributed by atoms with E-state index in [1.54, 1.807) is 11.1 Å². The second kappa shape index (κ2) is 3.50. The topological polar surface area (TPSA) is 0 Å². The zero-order valence-electron chi connectivity index (χ0n) is 10.1. The fraction of sp³-hybridized carbons (Fsp3) is 0.733. The molecule has 0 amide bonds. The Morgan fingerprint density at radius 2 is 1.67 bits per heavy atom. The van der Waals surface area contributed by atoms with E-state index in [0.717, 1.165) is 11.8 Å². The lowest BCUT2D eigenvalue weighted by atomic mass is 9.56. The number of hydrogen-bond donors (Lipinski definition) is 0. The van der Waals surface area contributed by atoms with E-state index in [0.29, 0.717) is 0 Å². The summed E-state index contributed by atoms with van der Waals surface area (Å²) < 4.78 is 0. The fourth-order valence-corrected chi connectivity index (χ4v) is 4.08. The van der Waals surface area contributed by atoms with Crippen molar-refractivity contribution in [3.63, 3.8) is 0 Å².